The number of hydrogen-bond acceptors (Lipinski definition) is 6. The number of rotatable bonds is 4. The summed E-state index contributed by atoms with van der Waals surface area (Å²) in [4.78, 5) is 17.2. The summed E-state index contributed by atoms with van der Waals surface area (Å²) in [6.45, 7) is 4.13. The molecule has 0 bridgehead atoms. The zero-order chi connectivity index (χ0) is 17.4. The average molecular weight is 353 g/mol. The number of para-hydroxylation sites is 1. The van der Waals surface area contributed by atoms with Gasteiger partial charge in [0.05, 0.1) is 34.3 Å². The minimum absolute atomic E-state index is 0.172. The van der Waals surface area contributed by atoms with Crippen LogP contribution in [0, 0.1) is 13.8 Å². The van der Waals surface area contributed by atoms with Gasteiger partial charge < -0.3 is 5.32 Å². The monoisotopic (exact) mass is 353 g/mol. The van der Waals surface area contributed by atoms with Gasteiger partial charge in [0.15, 0.2) is 0 Å². The van der Waals surface area contributed by atoms with E-state index in [2.05, 4.69) is 25.7 Å². The van der Waals surface area contributed by atoms with Crippen molar-refractivity contribution >= 4 is 34.0 Å². The van der Waals surface area contributed by atoms with E-state index in [0.717, 1.165) is 21.7 Å². The molecule has 0 fully saturated rings. The molecule has 4 aromatic rings. The molecule has 3 aromatic heterocycles. The lowest BCUT2D eigenvalue weighted by Gasteiger charge is -2.02. The Balaban J connectivity index is 1.50. The lowest BCUT2D eigenvalue weighted by Crippen LogP contribution is -2.12. The van der Waals surface area contributed by atoms with E-state index in [-0.39, 0.29) is 5.91 Å². The summed E-state index contributed by atoms with van der Waals surface area (Å²) in [7, 11) is 0. The van der Waals surface area contributed by atoms with Crippen LogP contribution >= 0.6 is 11.3 Å². The van der Waals surface area contributed by atoms with E-state index in [9.17, 15) is 4.79 Å². The smallest absolute Gasteiger partial charge is 0.267 e. The third kappa shape index (κ3) is 3.01. The van der Waals surface area contributed by atoms with Crippen LogP contribution in [-0.2, 0) is 6.67 Å². The predicted molar refractivity (Wildman–Crippen MR) is 94.7 cm³/mol. The number of fused-ring (bicyclic) bond motifs is 1. The number of aromatic nitrogens is 6. The Labute approximate surface area is 147 Å². The molecular formula is C16H15N7OS. The fraction of sp³-hybridized carbons (Fsp3) is 0.188. The fourth-order valence-corrected chi connectivity index (χ4v) is 3.41. The summed E-state index contributed by atoms with van der Waals surface area (Å²) in [5, 5.41) is 16.3. The van der Waals surface area contributed by atoms with Crippen LogP contribution in [0.5, 0.6) is 0 Å². The van der Waals surface area contributed by atoms with Crippen LogP contribution < -0.4 is 5.32 Å². The van der Waals surface area contributed by atoms with Crippen molar-refractivity contribution in [3.8, 4) is 0 Å². The number of hydrogen-bond donors (Lipinski definition) is 1. The first-order valence-electron chi connectivity index (χ1n) is 7.66. The lowest BCUT2D eigenvalue weighted by molar-refractivity contribution is 0.103. The van der Waals surface area contributed by atoms with Gasteiger partial charge in [-0.25, -0.2) is 14.3 Å². The van der Waals surface area contributed by atoms with E-state index in [1.807, 2.05) is 38.1 Å². The van der Waals surface area contributed by atoms with Crippen molar-refractivity contribution in [3.05, 3.63) is 52.2 Å². The first kappa shape index (κ1) is 15.5. The standard InChI is InChI=1S/C16H15N7OS/c1-10-15(25-11(2)18-10)16(24)19-12-7-17-22(8-12)9-23-14-6-4-3-5-13(14)20-21-23/h3-8H,9H2,1-2H3,(H,19,24). The van der Waals surface area contributed by atoms with E-state index in [1.165, 1.54) is 11.3 Å². The largest absolute Gasteiger partial charge is 0.319 e. The van der Waals surface area contributed by atoms with Crippen LogP contribution in [0.3, 0.4) is 0 Å². The number of nitrogens with one attached hydrogen (secondary N) is 1. The summed E-state index contributed by atoms with van der Waals surface area (Å²) < 4.78 is 3.45. The number of carbonyl (C=O) groups is 1. The number of anilines is 1. The summed E-state index contributed by atoms with van der Waals surface area (Å²) >= 11 is 1.38. The van der Waals surface area contributed by atoms with Crippen molar-refractivity contribution in [3.63, 3.8) is 0 Å². The summed E-state index contributed by atoms with van der Waals surface area (Å²) in [5.74, 6) is -0.172. The minimum Gasteiger partial charge on any atom is -0.319 e. The molecule has 1 amide bonds. The Kier molecular flexibility index (Phi) is 3.77. The lowest BCUT2D eigenvalue weighted by atomic mass is 10.3. The third-order valence-corrected chi connectivity index (χ3v) is 4.77. The molecule has 0 unspecified atom stereocenters. The van der Waals surface area contributed by atoms with Gasteiger partial charge in [0.1, 0.15) is 17.1 Å². The van der Waals surface area contributed by atoms with Crippen LogP contribution in [0.4, 0.5) is 5.69 Å². The molecule has 0 radical (unpaired) electrons. The van der Waals surface area contributed by atoms with E-state index in [0.29, 0.717) is 17.2 Å². The number of carbonyl (C=O) groups excluding carboxylic acids is 1. The van der Waals surface area contributed by atoms with Gasteiger partial charge in [-0.1, -0.05) is 17.3 Å². The van der Waals surface area contributed by atoms with Crippen LogP contribution in [0.1, 0.15) is 20.4 Å². The maximum Gasteiger partial charge on any atom is 0.267 e. The first-order chi connectivity index (χ1) is 12.1. The molecule has 0 atom stereocenters. The van der Waals surface area contributed by atoms with Crippen molar-refractivity contribution in [2.45, 2.75) is 20.5 Å². The van der Waals surface area contributed by atoms with Gasteiger partial charge in [-0.15, -0.1) is 16.4 Å². The topological polar surface area (TPSA) is 90.5 Å². The molecule has 126 valence electrons. The third-order valence-electron chi connectivity index (χ3n) is 3.70. The Hall–Kier alpha value is -3.07. The second-order valence-corrected chi connectivity index (χ2v) is 6.79. The Morgan fingerprint density at radius 3 is 2.92 bits per heavy atom. The number of nitrogens with zero attached hydrogens (tertiary/aromatic N) is 6. The molecule has 0 spiro atoms. The molecule has 4 rings (SSSR count). The van der Waals surface area contributed by atoms with Gasteiger partial charge in [0, 0.05) is 0 Å². The van der Waals surface area contributed by atoms with Gasteiger partial charge in [0.25, 0.3) is 5.91 Å². The molecule has 1 aromatic carbocycles. The van der Waals surface area contributed by atoms with Crippen molar-refractivity contribution < 1.29 is 4.79 Å². The molecule has 8 nitrogen and oxygen atoms in total. The zero-order valence-electron chi connectivity index (χ0n) is 13.7. The average Bonchev–Trinajstić information content (AvgIpc) is 3.28. The highest BCUT2D eigenvalue weighted by molar-refractivity contribution is 7.13. The van der Waals surface area contributed by atoms with Crippen LogP contribution in [0.25, 0.3) is 11.0 Å². The van der Waals surface area contributed by atoms with Gasteiger partial charge >= 0.3 is 0 Å². The first-order valence-corrected chi connectivity index (χ1v) is 8.48. The number of thiazole rings is 1. The van der Waals surface area contributed by atoms with Gasteiger partial charge in [0.2, 0.25) is 0 Å². The zero-order valence-corrected chi connectivity index (χ0v) is 14.5. The maximum absolute atomic E-state index is 12.3. The molecule has 0 saturated heterocycles. The maximum atomic E-state index is 12.3. The predicted octanol–water partition coefficient (Wildman–Crippen LogP) is 2.46. The quantitative estimate of drug-likeness (QED) is 0.608. The summed E-state index contributed by atoms with van der Waals surface area (Å²) in [6.07, 6.45) is 3.37. The molecule has 1 N–H and O–H groups in total. The van der Waals surface area contributed by atoms with Crippen molar-refractivity contribution in [1.82, 2.24) is 29.8 Å². The number of amides is 1. The highest BCUT2D eigenvalue weighted by atomic mass is 32.1. The minimum atomic E-state index is -0.172. The van der Waals surface area contributed by atoms with E-state index < -0.39 is 0 Å². The van der Waals surface area contributed by atoms with Crippen LogP contribution in [0.2, 0.25) is 0 Å². The van der Waals surface area contributed by atoms with Crippen LogP contribution in [0.15, 0.2) is 36.7 Å². The molecule has 9 heteroatoms. The molecule has 3 heterocycles. The van der Waals surface area contributed by atoms with Crippen molar-refractivity contribution in [2.75, 3.05) is 5.32 Å². The fourth-order valence-electron chi connectivity index (χ4n) is 2.59. The SMILES string of the molecule is Cc1nc(C)c(C(=O)Nc2cnn(Cn3nnc4ccccc43)c2)s1. The molecule has 0 saturated carbocycles. The Morgan fingerprint density at radius 1 is 1.28 bits per heavy atom. The van der Waals surface area contributed by atoms with Crippen molar-refractivity contribution in [2.24, 2.45) is 0 Å². The molecular weight excluding hydrogens is 338 g/mol. The second-order valence-electron chi connectivity index (χ2n) is 5.59. The second kappa shape index (κ2) is 6.10. The number of aryl methyl sites for hydroxylation is 2. The highest BCUT2D eigenvalue weighted by Crippen LogP contribution is 2.19. The Bertz CT molecular complexity index is 1060. The van der Waals surface area contributed by atoms with Gasteiger partial charge in [-0.05, 0) is 26.0 Å². The van der Waals surface area contributed by atoms with Gasteiger partial charge in [-0.3, -0.25) is 4.79 Å². The molecule has 25 heavy (non-hydrogen) atoms. The van der Waals surface area contributed by atoms with E-state index >= 15 is 0 Å². The Morgan fingerprint density at radius 2 is 2.12 bits per heavy atom. The van der Waals surface area contributed by atoms with E-state index in [1.54, 1.807) is 21.8 Å². The van der Waals surface area contributed by atoms with E-state index in [4.69, 9.17) is 0 Å². The molecule has 0 aliphatic rings. The molecule has 0 aliphatic carbocycles. The van der Waals surface area contributed by atoms with Crippen molar-refractivity contribution in [1.29, 1.82) is 0 Å². The highest BCUT2D eigenvalue weighted by Gasteiger charge is 2.14. The summed E-state index contributed by atoms with van der Waals surface area (Å²) in [6, 6.07) is 7.73. The number of benzene rings is 1. The van der Waals surface area contributed by atoms with Gasteiger partial charge in [-0.2, -0.15) is 5.10 Å². The van der Waals surface area contributed by atoms with Crippen LogP contribution in [-0.4, -0.2) is 35.7 Å². The summed E-state index contributed by atoms with van der Waals surface area (Å²) in [5.41, 5.74) is 3.12. The normalized spacial score (nSPS) is 11.1. The molecule has 0 aliphatic heterocycles.